The Hall–Kier alpha value is -1.26. The Morgan fingerprint density at radius 3 is 2.80 bits per heavy atom. The fourth-order valence-electron chi connectivity index (χ4n) is 1.02. The van der Waals surface area contributed by atoms with Crippen molar-refractivity contribution in [2.45, 2.75) is 0 Å². The van der Waals surface area contributed by atoms with E-state index in [0.717, 1.165) is 0 Å². The van der Waals surface area contributed by atoms with Crippen molar-refractivity contribution in [2.75, 3.05) is 20.3 Å². The largest absolute Gasteiger partial charge is 0.491 e. The Morgan fingerprint density at radius 1 is 1.53 bits per heavy atom. The van der Waals surface area contributed by atoms with Crippen LogP contribution in [0.3, 0.4) is 0 Å². The topological polar surface area (TPSA) is 55.8 Å². The van der Waals surface area contributed by atoms with Crippen molar-refractivity contribution in [1.82, 2.24) is 0 Å². The van der Waals surface area contributed by atoms with E-state index in [9.17, 15) is 4.79 Å². The zero-order chi connectivity index (χ0) is 11.3. The van der Waals surface area contributed by atoms with E-state index in [-0.39, 0.29) is 23.8 Å². The molecule has 0 amide bonds. The maximum atomic E-state index is 11.2. The van der Waals surface area contributed by atoms with Crippen LogP contribution in [0.5, 0.6) is 5.75 Å². The summed E-state index contributed by atoms with van der Waals surface area (Å²) in [6.45, 7) is 0.115. The van der Waals surface area contributed by atoms with Crippen molar-refractivity contribution >= 4 is 17.6 Å². The summed E-state index contributed by atoms with van der Waals surface area (Å²) >= 11 is 5.84. The summed E-state index contributed by atoms with van der Waals surface area (Å²) in [5.74, 6) is 0.00964. The molecule has 0 aliphatic carbocycles. The standard InChI is InChI=1S/C10H11ClO4/c1-14-10(13)8-3-2-7(6-9(8)11)15-5-4-12/h2-3,6,12H,4-5H2,1H3. The molecule has 4 nitrogen and oxygen atoms in total. The van der Waals surface area contributed by atoms with Crippen molar-refractivity contribution in [2.24, 2.45) is 0 Å². The SMILES string of the molecule is COC(=O)c1ccc(OCCO)cc1Cl. The molecule has 0 spiro atoms. The maximum absolute atomic E-state index is 11.2. The van der Waals surface area contributed by atoms with Gasteiger partial charge in [0.1, 0.15) is 12.4 Å². The number of aliphatic hydroxyl groups is 1. The summed E-state index contributed by atoms with van der Waals surface area (Å²) in [4.78, 5) is 11.2. The first-order valence-electron chi connectivity index (χ1n) is 4.30. The predicted octanol–water partition coefficient (Wildman–Crippen LogP) is 1.50. The molecule has 0 bridgehead atoms. The van der Waals surface area contributed by atoms with Crippen LogP contribution < -0.4 is 4.74 Å². The molecule has 0 fully saturated rings. The molecule has 0 radical (unpaired) electrons. The Morgan fingerprint density at radius 2 is 2.27 bits per heavy atom. The minimum absolute atomic E-state index is 0.0730. The van der Waals surface area contributed by atoms with Crippen LogP contribution in [-0.4, -0.2) is 31.4 Å². The molecule has 0 unspecified atom stereocenters. The summed E-state index contributed by atoms with van der Waals surface area (Å²) in [7, 11) is 1.29. The number of esters is 1. The molecule has 0 aromatic heterocycles. The minimum atomic E-state index is -0.492. The highest BCUT2D eigenvalue weighted by molar-refractivity contribution is 6.33. The third-order valence-electron chi connectivity index (χ3n) is 1.71. The Kier molecular flexibility index (Phi) is 4.39. The highest BCUT2D eigenvalue weighted by Crippen LogP contribution is 2.23. The number of halogens is 1. The highest BCUT2D eigenvalue weighted by atomic mass is 35.5. The number of methoxy groups -OCH3 is 1. The second kappa shape index (κ2) is 5.58. The molecule has 0 aliphatic rings. The van der Waals surface area contributed by atoms with Gasteiger partial charge in [0.15, 0.2) is 0 Å². The molecule has 1 aromatic rings. The first-order valence-corrected chi connectivity index (χ1v) is 4.68. The minimum Gasteiger partial charge on any atom is -0.491 e. The second-order valence-electron chi connectivity index (χ2n) is 2.71. The molecule has 1 aromatic carbocycles. The van der Waals surface area contributed by atoms with E-state index >= 15 is 0 Å². The summed E-state index contributed by atoms with van der Waals surface area (Å²) < 4.78 is 9.65. The number of aliphatic hydroxyl groups excluding tert-OH is 1. The van der Waals surface area contributed by atoms with Gasteiger partial charge in [0.05, 0.1) is 24.3 Å². The molecule has 82 valence electrons. The van der Waals surface area contributed by atoms with E-state index in [4.69, 9.17) is 21.4 Å². The van der Waals surface area contributed by atoms with Gasteiger partial charge in [-0.05, 0) is 18.2 Å². The smallest absolute Gasteiger partial charge is 0.339 e. The average molecular weight is 231 g/mol. The van der Waals surface area contributed by atoms with E-state index in [1.807, 2.05) is 0 Å². The zero-order valence-electron chi connectivity index (χ0n) is 8.20. The zero-order valence-corrected chi connectivity index (χ0v) is 8.95. The lowest BCUT2D eigenvalue weighted by molar-refractivity contribution is 0.0601. The molecule has 5 heteroatoms. The van der Waals surface area contributed by atoms with Gasteiger partial charge in [-0.1, -0.05) is 11.6 Å². The van der Waals surface area contributed by atoms with Crippen LogP contribution in [0.15, 0.2) is 18.2 Å². The fraction of sp³-hybridized carbons (Fsp3) is 0.300. The maximum Gasteiger partial charge on any atom is 0.339 e. The Bertz CT molecular complexity index is 351. The van der Waals surface area contributed by atoms with Crippen LogP contribution in [0.2, 0.25) is 5.02 Å². The molecule has 0 atom stereocenters. The van der Waals surface area contributed by atoms with Crippen LogP contribution in [0.25, 0.3) is 0 Å². The molecule has 1 N–H and O–H groups in total. The predicted molar refractivity (Wildman–Crippen MR) is 55.4 cm³/mol. The van der Waals surface area contributed by atoms with Gasteiger partial charge >= 0.3 is 5.97 Å². The summed E-state index contributed by atoms with van der Waals surface area (Å²) in [6, 6.07) is 4.61. The number of hydrogen-bond acceptors (Lipinski definition) is 4. The Labute approximate surface area is 92.4 Å². The molecule has 1 rings (SSSR count). The van der Waals surface area contributed by atoms with E-state index in [2.05, 4.69) is 4.74 Å². The van der Waals surface area contributed by atoms with Gasteiger partial charge < -0.3 is 14.6 Å². The van der Waals surface area contributed by atoms with Crippen LogP contribution in [-0.2, 0) is 4.74 Å². The van der Waals surface area contributed by atoms with Gasteiger partial charge in [-0.15, -0.1) is 0 Å². The van der Waals surface area contributed by atoms with Gasteiger partial charge in [0, 0.05) is 0 Å². The normalized spacial score (nSPS) is 9.80. The van der Waals surface area contributed by atoms with E-state index in [1.165, 1.54) is 19.2 Å². The van der Waals surface area contributed by atoms with Gasteiger partial charge in [-0.2, -0.15) is 0 Å². The molecule has 0 heterocycles. The van der Waals surface area contributed by atoms with E-state index in [0.29, 0.717) is 5.75 Å². The fourth-order valence-corrected chi connectivity index (χ4v) is 1.27. The highest BCUT2D eigenvalue weighted by Gasteiger charge is 2.10. The summed E-state index contributed by atoms with van der Waals surface area (Å²) in [5, 5.41) is 8.81. The lowest BCUT2D eigenvalue weighted by Crippen LogP contribution is -2.04. The molecule has 15 heavy (non-hydrogen) atoms. The molecule has 0 saturated carbocycles. The number of ether oxygens (including phenoxy) is 2. The number of benzene rings is 1. The number of rotatable bonds is 4. The van der Waals surface area contributed by atoms with E-state index in [1.54, 1.807) is 6.07 Å². The van der Waals surface area contributed by atoms with Crippen molar-refractivity contribution in [3.63, 3.8) is 0 Å². The Balaban J connectivity index is 2.83. The quantitative estimate of drug-likeness (QED) is 0.797. The van der Waals surface area contributed by atoms with Crippen molar-refractivity contribution in [3.8, 4) is 5.75 Å². The van der Waals surface area contributed by atoms with Crippen LogP contribution in [0, 0.1) is 0 Å². The van der Waals surface area contributed by atoms with E-state index < -0.39 is 5.97 Å². The number of hydrogen-bond donors (Lipinski definition) is 1. The monoisotopic (exact) mass is 230 g/mol. The van der Waals surface area contributed by atoms with Crippen LogP contribution in [0.1, 0.15) is 10.4 Å². The third kappa shape index (κ3) is 3.11. The van der Waals surface area contributed by atoms with Crippen molar-refractivity contribution < 1.29 is 19.4 Å². The number of carbonyl (C=O) groups excluding carboxylic acids is 1. The average Bonchev–Trinajstić information content (AvgIpc) is 2.25. The summed E-state index contributed by atoms with van der Waals surface area (Å²) in [6.07, 6.45) is 0. The lowest BCUT2D eigenvalue weighted by Gasteiger charge is -2.06. The molecular formula is C10H11ClO4. The van der Waals surface area contributed by atoms with Gasteiger partial charge in [-0.3, -0.25) is 0 Å². The van der Waals surface area contributed by atoms with Crippen LogP contribution >= 0.6 is 11.6 Å². The van der Waals surface area contributed by atoms with Crippen molar-refractivity contribution in [3.05, 3.63) is 28.8 Å². The summed E-state index contributed by atoms with van der Waals surface area (Å²) in [5.41, 5.74) is 0.288. The van der Waals surface area contributed by atoms with Crippen LogP contribution in [0.4, 0.5) is 0 Å². The lowest BCUT2D eigenvalue weighted by atomic mass is 10.2. The third-order valence-corrected chi connectivity index (χ3v) is 2.02. The van der Waals surface area contributed by atoms with Gasteiger partial charge in [-0.25, -0.2) is 4.79 Å². The first-order chi connectivity index (χ1) is 7.19. The number of carbonyl (C=O) groups is 1. The molecule has 0 saturated heterocycles. The van der Waals surface area contributed by atoms with Gasteiger partial charge in [0.25, 0.3) is 0 Å². The van der Waals surface area contributed by atoms with Gasteiger partial charge in [0.2, 0.25) is 0 Å². The van der Waals surface area contributed by atoms with Crippen molar-refractivity contribution in [1.29, 1.82) is 0 Å². The molecule has 0 aliphatic heterocycles. The molecular weight excluding hydrogens is 220 g/mol. The second-order valence-corrected chi connectivity index (χ2v) is 3.11. The first kappa shape index (κ1) is 11.8.